The highest BCUT2D eigenvalue weighted by molar-refractivity contribution is 5.40. The predicted molar refractivity (Wildman–Crippen MR) is 71.0 cm³/mol. The molecule has 1 aliphatic rings. The van der Waals surface area contributed by atoms with Gasteiger partial charge in [-0.15, -0.1) is 0 Å². The Morgan fingerprint density at radius 3 is 2.29 bits per heavy atom. The molecule has 2 rings (SSSR count). The maximum atomic E-state index is 4.49. The molecule has 0 saturated heterocycles. The first-order valence-electron chi connectivity index (χ1n) is 6.31. The molecular formula is C14H23N3. The highest BCUT2D eigenvalue weighted by Gasteiger charge is 2.64. The first-order valence-corrected chi connectivity index (χ1v) is 6.31. The summed E-state index contributed by atoms with van der Waals surface area (Å²) in [6.45, 7) is 14.3. The van der Waals surface area contributed by atoms with E-state index in [0.29, 0.717) is 16.7 Å². The Morgan fingerprint density at radius 2 is 1.76 bits per heavy atom. The lowest BCUT2D eigenvalue weighted by Gasteiger charge is -2.09. The number of anilines is 1. The fourth-order valence-electron chi connectivity index (χ4n) is 2.75. The first kappa shape index (κ1) is 12.3. The van der Waals surface area contributed by atoms with Crippen molar-refractivity contribution in [2.24, 2.45) is 16.7 Å². The molecule has 1 heterocycles. The standard InChI is InChI=1S/C14H23N3/c1-9-7-15-10(2)12(17-9)16-8-11-13(3,4)14(11,5)6/h7,11H,8H2,1-6H3,(H,16,17). The van der Waals surface area contributed by atoms with Gasteiger partial charge in [0.1, 0.15) is 5.82 Å². The molecule has 17 heavy (non-hydrogen) atoms. The lowest BCUT2D eigenvalue weighted by Crippen LogP contribution is -2.11. The monoisotopic (exact) mass is 233 g/mol. The fourth-order valence-corrected chi connectivity index (χ4v) is 2.75. The van der Waals surface area contributed by atoms with Crippen molar-refractivity contribution in [2.45, 2.75) is 41.5 Å². The molecule has 0 spiro atoms. The van der Waals surface area contributed by atoms with Crippen LogP contribution in [0.4, 0.5) is 5.82 Å². The molecule has 1 fully saturated rings. The van der Waals surface area contributed by atoms with Gasteiger partial charge in [-0.25, -0.2) is 4.98 Å². The Morgan fingerprint density at radius 1 is 1.18 bits per heavy atom. The van der Waals surface area contributed by atoms with Gasteiger partial charge in [-0.1, -0.05) is 27.7 Å². The third kappa shape index (κ3) is 1.92. The van der Waals surface area contributed by atoms with Crippen molar-refractivity contribution < 1.29 is 0 Å². The summed E-state index contributed by atoms with van der Waals surface area (Å²) in [5.41, 5.74) is 2.79. The minimum Gasteiger partial charge on any atom is -0.368 e. The average molecular weight is 233 g/mol. The zero-order valence-corrected chi connectivity index (χ0v) is 11.8. The summed E-state index contributed by atoms with van der Waals surface area (Å²) >= 11 is 0. The number of hydrogen-bond acceptors (Lipinski definition) is 3. The van der Waals surface area contributed by atoms with Crippen molar-refractivity contribution in [1.82, 2.24) is 9.97 Å². The molecule has 1 aromatic rings. The van der Waals surface area contributed by atoms with Crippen LogP contribution in [0.2, 0.25) is 0 Å². The molecule has 1 N–H and O–H groups in total. The van der Waals surface area contributed by atoms with Gasteiger partial charge in [-0.3, -0.25) is 4.98 Å². The van der Waals surface area contributed by atoms with Crippen LogP contribution in [0.5, 0.6) is 0 Å². The van der Waals surface area contributed by atoms with E-state index in [0.717, 1.165) is 23.8 Å². The van der Waals surface area contributed by atoms with Crippen LogP contribution in [0.15, 0.2) is 6.20 Å². The molecule has 1 saturated carbocycles. The number of nitrogens with one attached hydrogen (secondary N) is 1. The van der Waals surface area contributed by atoms with Gasteiger partial charge in [0.25, 0.3) is 0 Å². The second kappa shape index (κ2) is 3.69. The Hall–Kier alpha value is -1.12. The zero-order valence-electron chi connectivity index (χ0n) is 11.8. The summed E-state index contributed by atoms with van der Waals surface area (Å²) in [7, 11) is 0. The molecule has 1 aromatic heterocycles. The van der Waals surface area contributed by atoms with Crippen LogP contribution in [0, 0.1) is 30.6 Å². The number of hydrogen-bond donors (Lipinski definition) is 1. The quantitative estimate of drug-likeness (QED) is 0.871. The van der Waals surface area contributed by atoms with Gasteiger partial charge in [0, 0.05) is 12.7 Å². The van der Waals surface area contributed by atoms with Crippen LogP contribution in [0.25, 0.3) is 0 Å². The van der Waals surface area contributed by atoms with Gasteiger partial charge in [0.2, 0.25) is 0 Å². The molecule has 3 nitrogen and oxygen atoms in total. The Balaban J connectivity index is 2.03. The van der Waals surface area contributed by atoms with Crippen molar-refractivity contribution in [3.8, 4) is 0 Å². The largest absolute Gasteiger partial charge is 0.368 e. The molecule has 0 radical (unpaired) electrons. The summed E-state index contributed by atoms with van der Waals surface area (Å²) in [6, 6.07) is 0. The number of rotatable bonds is 3. The van der Waals surface area contributed by atoms with Gasteiger partial charge in [-0.2, -0.15) is 0 Å². The summed E-state index contributed by atoms with van der Waals surface area (Å²) in [5, 5.41) is 3.45. The van der Waals surface area contributed by atoms with Gasteiger partial charge >= 0.3 is 0 Å². The minimum atomic E-state index is 0.422. The molecule has 0 unspecified atom stereocenters. The first-order chi connectivity index (χ1) is 7.76. The van der Waals surface area contributed by atoms with Crippen molar-refractivity contribution in [1.29, 1.82) is 0 Å². The molecular weight excluding hydrogens is 210 g/mol. The molecule has 3 heteroatoms. The van der Waals surface area contributed by atoms with E-state index < -0.39 is 0 Å². The van der Waals surface area contributed by atoms with E-state index in [1.807, 2.05) is 20.0 Å². The fraction of sp³-hybridized carbons (Fsp3) is 0.714. The van der Waals surface area contributed by atoms with Crippen molar-refractivity contribution in [2.75, 3.05) is 11.9 Å². The van der Waals surface area contributed by atoms with E-state index in [1.54, 1.807) is 0 Å². The van der Waals surface area contributed by atoms with Gasteiger partial charge in [-0.05, 0) is 30.6 Å². The summed E-state index contributed by atoms with van der Waals surface area (Å²) in [5.74, 6) is 1.64. The van der Waals surface area contributed by atoms with E-state index in [2.05, 4.69) is 43.0 Å². The smallest absolute Gasteiger partial charge is 0.147 e. The Bertz CT molecular complexity index is 421. The Labute approximate surface area is 104 Å². The average Bonchev–Trinajstić information content (AvgIpc) is 2.60. The molecule has 94 valence electrons. The van der Waals surface area contributed by atoms with Crippen LogP contribution in [0.1, 0.15) is 39.1 Å². The lowest BCUT2D eigenvalue weighted by atomic mass is 10.0. The second-order valence-corrected chi connectivity index (χ2v) is 6.32. The normalized spacial score (nSPS) is 21.3. The third-order valence-electron chi connectivity index (χ3n) is 4.87. The van der Waals surface area contributed by atoms with Gasteiger partial charge in [0.15, 0.2) is 0 Å². The van der Waals surface area contributed by atoms with Crippen molar-refractivity contribution in [3.63, 3.8) is 0 Å². The molecule has 1 aliphatic carbocycles. The summed E-state index contributed by atoms with van der Waals surface area (Å²) in [4.78, 5) is 8.82. The van der Waals surface area contributed by atoms with E-state index in [4.69, 9.17) is 0 Å². The number of aryl methyl sites for hydroxylation is 2. The molecule has 0 aliphatic heterocycles. The topological polar surface area (TPSA) is 37.8 Å². The highest BCUT2D eigenvalue weighted by atomic mass is 15.0. The number of nitrogens with zero attached hydrogens (tertiary/aromatic N) is 2. The van der Waals surface area contributed by atoms with Crippen LogP contribution < -0.4 is 5.32 Å². The molecule has 0 amide bonds. The van der Waals surface area contributed by atoms with Crippen molar-refractivity contribution in [3.05, 3.63) is 17.6 Å². The van der Waals surface area contributed by atoms with Crippen LogP contribution >= 0.6 is 0 Å². The zero-order chi connectivity index (χ0) is 12.8. The summed E-state index contributed by atoms with van der Waals surface area (Å²) in [6.07, 6.45) is 1.81. The van der Waals surface area contributed by atoms with Gasteiger partial charge < -0.3 is 5.32 Å². The predicted octanol–water partition coefficient (Wildman–Crippen LogP) is 3.19. The molecule has 0 aromatic carbocycles. The van der Waals surface area contributed by atoms with E-state index in [1.165, 1.54) is 0 Å². The van der Waals surface area contributed by atoms with Crippen molar-refractivity contribution >= 4 is 5.82 Å². The Kier molecular flexibility index (Phi) is 2.68. The highest BCUT2D eigenvalue weighted by Crippen LogP contribution is 2.68. The number of aromatic nitrogens is 2. The van der Waals surface area contributed by atoms with E-state index in [-0.39, 0.29) is 0 Å². The van der Waals surface area contributed by atoms with E-state index >= 15 is 0 Å². The summed E-state index contributed by atoms with van der Waals surface area (Å²) < 4.78 is 0. The maximum Gasteiger partial charge on any atom is 0.147 e. The van der Waals surface area contributed by atoms with Crippen LogP contribution in [0.3, 0.4) is 0 Å². The van der Waals surface area contributed by atoms with Crippen LogP contribution in [-0.2, 0) is 0 Å². The lowest BCUT2D eigenvalue weighted by molar-refractivity contribution is 0.457. The molecule has 0 atom stereocenters. The minimum absolute atomic E-state index is 0.422. The van der Waals surface area contributed by atoms with Gasteiger partial charge in [0.05, 0.1) is 11.4 Å². The third-order valence-corrected chi connectivity index (χ3v) is 4.87. The van der Waals surface area contributed by atoms with Crippen LogP contribution in [-0.4, -0.2) is 16.5 Å². The molecule has 0 bridgehead atoms. The second-order valence-electron chi connectivity index (χ2n) is 6.32. The van der Waals surface area contributed by atoms with E-state index in [9.17, 15) is 0 Å². The maximum absolute atomic E-state index is 4.49. The SMILES string of the molecule is Cc1cnc(C)c(NCC2C(C)(C)C2(C)C)n1.